The SMILES string of the molecule is C=CC(=O)N1CCCC2(CCN(C(=O)CCc3ccc(OC(F)(F)F)cc3)CC2)C1. The number of rotatable bonds is 5. The zero-order chi connectivity index (χ0) is 21.8. The lowest BCUT2D eigenvalue weighted by Crippen LogP contribution is -2.51. The van der Waals surface area contributed by atoms with Crippen molar-refractivity contribution in [3.63, 3.8) is 0 Å². The van der Waals surface area contributed by atoms with Crippen LogP contribution in [0.15, 0.2) is 36.9 Å². The topological polar surface area (TPSA) is 49.9 Å². The van der Waals surface area contributed by atoms with Crippen molar-refractivity contribution in [2.45, 2.75) is 44.9 Å². The smallest absolute Gasteiger partial charge is 0.406 e. The van der Waals surface area contributed by atoms with Gasteiger partial charge in [0.2, 0.25) is 11.8 Å². The molecule has 30 heavy (non-hydrogen) atoms. The predicted molar refractivity (Wildman–Crippen MR) is 106 cm³/mol. The van der Waals surface area contributed by atoms with Crippen LogP contribution in [0.1, 0.15) is 37.7 Å². The summed E-state index contributed by atoms with van der Waals surface area (Å²) in [6, 6.07) is 5.62. The van der Waals surface area contributed by atoms with Crippen molar-refractivity contribution in [3.05, 3.63) is 42.5 Å². The number of hydrogen-bond donors (Lipinski definition) is 0. The molecule has 0 atom stereocenters. The molecule has 2 fully saturated rings. The van der Waals surface area contributed by atoms with Gasteiger partial charge in [0.1, 0.15) is 5.75 Å². The van der Waals surface area contributed by atoms with Crippen LogP contribution in [-0.4, -0.2) is 54.2 Å². The maximum Gasteiger partial charge on any atom is 0.573 e. The normalized spacial score (nSPS) is 18.9. The number of benzene rings is 1. The Labute approximate surface area is 174 Å². The minimum absolute atomic E-state index is 0.0285. The van der Waals surface area contributed by atoms with Crippen LogP contribution in [0.25, 0.3) is 0 Å². The van der Waals surface area contributed by atoms with E-state index in [1.807, 2.05) is 9.80 Å². The van der Waals surface area contributed by atoms with E-state index < -0.39 is 6.36 Å². The lowest BCUT2D eigenvalue weighted by Gasteiger charge is -2.47. The zero-order valence-corrected chi connectivity index (χ0v) is 16.9. The third kappa shape index (κ3) is 5.77. The second kappa shape index (κ2) is 9.10. The summed E-state index contributed by atoms with van der Waals surface area (Å²) in [5.74, 6) is -0.245. The molecular formula is C22H27F3N2O3. The number of carbonyl (C=O) groups excluding carboxylic acids is 2. The zero-order valence-electron chi connectivity index (χ0n) is 16.9. The van der Waals surface area contributed by atoms with Gasteiger partial charge in [-0.2, -0.15) is 0 Å². The van der Waals surface area contributed by atoms with E-state index in [2.05, 4.69) is 11.3 Å². The molecule has 2 aliphatic rings. The number of alkyl halides is 3. The highest BCUT2D eigenvalue weighted by atomic mass is 19.4. The van der Waals surface area contributed by atoms with Gasteiger partial charge in [-0.25, -0.2) is 0 Å². The average Bonchev–Trinajstić information content (AvgIpc) is 2.72. The molecule has 1 spiro atoms. The summed E-state index contributed by atoms with van der Waals surface area (Å²) in [6.07, 6.45) is 1.23. The summed E-state index contributed by atoms with van der Waals surface area (Å²) < 4.78 is 40.5. The van der Waals surface area contributed by atoms with Gasteiger partial charge in [-0.05, 0) is 61.3 Å². The van der Waals surface area contributed by atoms with E-state index in [0.29, 0.717) is 25.9 Å². The largest absolute Gasteiger partial charge is 0.573 e. The van der Waals surface area contributed by atoms with Crippen LogP contribution < -0.4 is 4.74 Å². The number of aryl methyl sites for hydroxylation is 1. The molecule has 0 radical (unpaired) electrons. The molecule has 1 aromatic rings. The number of nitrogens with zero attached hydrogens (tertiary/aromatic N) is 2. The van der Waals surface area contributed by atoms with Crippen LogP contribution in [0.5, 0.6) is 5.75 Å². The summed E-state index contributed by atoms with van der Waals surface area (Å²) in [4.78, 5) is 28.3. The van der Waals surface area contributed by atoms with Gasteiger partial charge in [0.25, 0.3) is 0 Å². The fourth-order valence-electron chi connectivity index (χ4n) is 4.43. The summed E-state index contributed by atoms with van der Waals surface area (Å²) in [6.45, 7) is 6.41. The summed E-state index contributed by atoms with van der Waals surface area (Å²) in [5.41, 5.74) is 0.874. The number of amides is 2. The molecule has 0 unspecified atom stereocenters. The maximum atomic E-state index is 12.6. The molecule has 1 aromatic carbocycles. The van der Waals surface area contributed by atoms with Gasteiger partial charge in [-0.3, -0.25) is 9.59 Å². The van der Waals surface area contributed by atoms with Gasteiger partial charge >= 0.3 is 6.36 Å². The quantitative estimate of drug-likeness (QED) is 0.673. The van der Waals surface area contributed by atoms with Crippen molar-refractivity contribution in [1.82, 2.24) is 9.80 Å². The van der Waals surface area contributed by atoms with Crippen molar-refractivity contribution >= 4 is 11.8 Å². The second-order valence-electron chi connectivity index (χ2n) is 8.14. The van der Waals surface area contributed by atoms with Crippen molar-refractivity contribution in [3.8, 4) is 5.75 Å². The first-order chi connectivity index (χ1) is 14.2. The Balaban J connectivity index is 1.46. The fourth-order valence-corrected chi connectivity index (χ4v) is 4.43. The number of halogens is 3. The molecule has 3 rings (SSSR count). The van der Waals surface area contributed by atoms with Gasteiger partial charge in [0.15, 0.2) is 0 Å². The second-order valence-corrected chi connectivity index (χ2v) is 8.14. The minimum atomic E-state index is -4.71. The van der Waals surface area contributed by atoms with E-state index >= 15 is 0 Å². The third-order valence-corrected chi connectivity index (χ3v) is 6.11. The van der Waals surface area contributed by atoms with Crippen molar-refractivity contribution in [1.29, 1.82) is 0 Å². The van der Waals surface area contributed by atoms with Crippen LogP contribution in [0.2, 0.25) is 0 Å². The van der Waals surface area contributed by atoms with E-state index in [9.17, 15) is 22.8 Å². The first-order valence-electron chi connectivity index (χ1n) is 10.2. The molecule has 8 heteroatoms. The molecule has 2 amide bonds. The summed E-state index contributed by atoms with van der Waals surface area (Å²) in [7, 11) is 0. The average molecular weight is 424 g/mol. The molecule has 2 saturated heterocycles. The Hall–Kier alpha value is -2.51. The first kappa shape index (κ1) is 22.2. The highest BCUT2D eigenvalue weighted by Gasteiger charge is 2.40. The number of carbonyl (C=O) groups is 2. The molecule has 0 aliphatic carbocycles. The summed E-state index contributed by atoms with van der Waals surface area (Å²) in [5, 5.41) is 0. The van der Waals surface area contributed by atoms with Gasteiger partial charge < -0.3 is 14.5 Å². The van der Waals surface area contributed by atoms with Crippen LogP contribution in [0, 0.1) is 5.41 Å². The number of piperidine rings is 2. The van der Waals surface area contributed by atoms with Crippen molar-refractivity contribution in [2.24, 2.45) is 5.41 Å². The van der Waals surface area contributed by atoms with Gasteiger partial charge in [-0.1, -0.05) is 18.7 Å². The molecule has 164 valence electrons. The Bertz CT molecular complexity index is 769. The standard InChI is InChI=1S/C22H27F3N2O3/c1-2-19(28)27-13-3-10-21(16-27)11-14-26(15-12-21)20(29)9-6-17-4-7-18(8-5-17)30-22(23,24)25/h2,4-5,7-8H,1,3,6,9-16H2. The van der Waals surface area contributed by atoms with Gasteiger partial charge in [-0.15, -0.1) is 13.2 Å². The Morgan fingerprint density at radius 1 is 1.07 bits per heavy atom. The van der Waals surface area contributed by atoms with E-state index in [1.165, 1.54) is 18.2 Å². The monoisotopic (exact) mass is 424 g/mol. The molecule has 0 saturated carbocycles. The van der Waals surface area contributed by atoms with Crippen LogP contribution in [0.4, 0.5) is 13.2 Å². The number of hydrogen-bond acceptors (Lipinski definition) is 3. The molecule has 5 nitrogen and oxygen atoms in total. The lowest BCUT2D eigenvalue weighted by molar-refractivity contribution is -0.274. The van der Waals surface area contributed by atoms with E-state index in [4.69, 9.17) is 0 Å². The van der Waals surface area contributed by atoms with Crippen LogP contribution >= 0.6 is 0 Å². The van der Waals surface area contributed by atoms with Crippen molar-refractivity contribution in [2.75, 3.05) is 26.2 Å². The first-order valence-corrected chi connectivity index (χ1v) is 10.2. The molecular weight excluding hydrogens is 397 g/mol. The van der Waals surface area contributed by atoms with Crippen LogP contribution in [-0.2, 0) is 16.0 Å². The fraction of sp³-hybridized carbons (Fsp3) is 0.545. The van der Waals surface area contributed by atoms with Crippen molar-refractivity contribution < 1.29 is 27.5 Å². The highest BCUT2D eigenvalue weighted by molar-refractivity contribution is 5.87. The molecule has 2 aliphatic heterocycles. The van der Waals surface area contributed by atoms with Gasteiger partial charge in [0, 0.05) is 32.6 Å². The number of ether oxygens (including phenoxy) is 1. The Kier molecular flexibility index (Phi) is 6.73. The Morgan fingerprint density at radius 2 is 1.73 bits per heavy atom. The van der Waals surface area contributed by atoms with E-state index in [-0.39, 0.29) is 23.0 Å². The molecule has 0 bridgehead atoms. The predicted octanol–water partition coefficient (Wildman–Crippen LogP) is 3.94. The lowest BCUT2D eigenvalue weighted by atomic mass is 9.72. The van der Waals surface area contributed by atoms with E-state index in [1.54, 1.807) is 12.1 Å². The highest BCUT2D eigenvalue weighted by Crippen LogP contribution is 2.40. The van der Waals surface area contributed by atoms with Gasteiger partial charge in [0.05, 0.1) is 0 Å². The minimum Gasteiger partial charge on any atom is -0.406 e. The number of likely N-dealkylation sites (tertiary alicyclic amines) is 2. The Morgan fingerprint density at radius 3 is 2.33 bits per heavy atom. The molecule has 0 N–H and O–H groups in total. The maximum absolute atomic E-state index is 12.6. The third-order valence-electron chi connectivity index (χ3n) is 6.11. The summed E-state index contributed by atoms with van der Waals surface area (Å²) >= 11 is 0. The molecule has 2 heterocycles. The van der Waals surface area contributed by atoms with Crippen LogP contribution in [0.3, 0.4) is 0 Å². The van der Waals surface area contributed by atoms with E-state index in [0.717, 1.165) is 44.3 Å². The molecule has 0 aromatic heterocycles.